The van der Waals surface area contributed by atoms with Gasteiger partial charge in [-0.15, -0.1) is 0 Å². The molecule has 1 heterocycles. The summed E-state index contributed by atoms with van der Waals surface area (Å²) in [5, 5.41) is 0. The van der Waals surface area contributed by atoms with Crippen molar-refractivity contribution in [2.45, 2.75) is 26.4 Å². The number of rotatable bonds is 5. The van der Waals surface area contributed by atoms with Crippen LogP contribution in [0.2, 0.25) is 0 Å². The molecule has 1 fully saturated rings. The summed E-state index contributed by atoms with van der Waals surface area (Å²) in [4.78, 5) is 14.1. The Morgan fingerprint density at radius 3 is 2.60 bits per heavy atom. The highest BCUT2D eigenvalue weighted by molar-refractivity contribution is 5.89. The van der Waals surface area contributed by atoms with E-state index in [1.54, 1.807) is 7.11 Å². The summed E-state index contributed by atoms with van der Waals surface area (Å²) in [7, 11) is 1.75. The topological polar surface area (TPSA) is 38.8 Å². The maximum Gasteiger partial charge on any atom is 0.338 e. The van der Waals surface area contributed by atoms with E-state index in [0.717, 1.165) is 25.2 Å². The van der Waals surface area contributed by atoms with Gasteiger partial charge in [-0.2, -0.15) is 0 Å². The zero-order valence-electron chi connectivity index (χ0n) is 12.5. The fraction of sp³-hybridized carbons (Fsp3) is 0.562. The molecule has 0 bridgehead atoms. The first kappa shape index (κ1) is 14.9. The zero-order valence-corrected chi connectivity index (χ0v) is 12.5. The minimum Gasteiger partial charge on any atom is -0.462 e. The Morgan fingerprint density at radius 1 is 1.35 bits per heavy atom. The number of hydrogen-bond acceptors (Lipinski definition) is 4. The molecule has 0 saturated carbocycles. The van der Waals surface area contributed by atoms with Crippen molar-refractivity contribution in [3.63, 3.8) is 0 Å². The summed E-state index contributed by atoms with van der Waals surface area (Å²) in [6.07, 6.45) is 1.36. The summed E-state index contributed by atoms with van der Waals surface area (Å²) in [6, 6.07) is 7.62. The van der Waals surface area contributed by atoms with Gasteiger partial charge in [-0.1, -0.05) is 13.8 Å². The molecule has 0 aromatic heterocycles. The monoisotopic (exact) mass is 277 g/mol. The molecule has 0 unspecified atom stereocenters. The number of nitrogens with zero attached hydrogens (tertiary/aromatic N) is 1. The second-order valence-corrected chi connectivity index (χ2v) is 5.63. The molecule has 1 aromatic carbocycles. The Hall–Kier alpha value is -1.55. The molecule has 0 radical (unpaired) electrons. The highest BCUT2D eigenvalue weighted by Crippen LogP contribution is 2.22. The quantitative estimate of drug-likeness (QED) is 0.776. The van der Waals surface area contributed by atoms with Crippen LogP contribution >= 0.6 is 0 Å². The first-order valence-electron chi connectivity index (χ1n) is 7.15. The van der Waals surface area contributed by atoms with Gasteiger partial charge in [-0.3, -0.25) is 0 Å². The molecule has 0 spiro atoms. The minimum absolute atomic E-state index is 0.249. The molecular weight excluding hydrogens is 254 g/mol. The van der Waals surface area contributed by atoms with E-state index in [-0.39, 0.29) is 5.97 Å². The summed E-state index contributed by atoms with van der Waals surface area (Å²) >= 11 is 0. The Balaban J connectivity index is 1.94. The van der Waals surface area contributed by atoms with Crippen LogP contribution in [0.1, 0.15) is 30.6 Å². The van der Waals surface area contributed by atoms with Crippen LogP contribution in [-0.2, 0) is 9.47 Å². The van der Waals surface area contributed by atoms with Crippen molar-refractivity contribution in [2.75, 3.05) is 31.7 Å². The first-order chi connectivity index (χ1) is 9.60. The third kappa shape index (κ3) is 3.73. The van der Waals surface area contributed by atoms with Crippen molar-refractivity contribution < 1.29 is 14.3 Å². The predicted octanol–water partition coefficient (Wildman–Crippen LogP) is 2.72. The van der Waals surface area contributed by atoms with Crippen LogP contribution in [0.3, 0.4) is 0 Å². The number of ether oxygens (including phenoxy) is 2. The van der Waals surface area contributed by atoms with Gasteiger partial charge in [0.2, 0.25) is 0 Å². The number of anilines is 1. The fourth-order valence-electron chi connectivity index (χ4n) is 2.29. The molecule has 0 amide bonds. The number of methoxy groups -OCH3 is 1. The van der Waals surface area contributed by atoms with Crippen LogP contribution in [0, 0.1) is 5.92 Å². The molecule has 2 rings (SSSR count). The number of esters is 1. The molecule has 4 nitrogen and oxygen atoms in total. The third-order valence-corrected chi connectivity index (χ3v) is 3.49. The van der Waals surface area contributed by atoms with Gasteiger partial charge in [-0.25, -0.2) is 4.79 Å². The lowest BCUT2D eigenvalue weighted by atomic mass is 10.2. The summed E-state index contributed by atoms with van der Waals surface area (Å²) in [6.45, 7) is 6.41. The highest BCUT2D eigenvalue weighted by Gasteiger charge is 2.22. The van der Waals surface area contributed by atoms with E-state index < -0.39 is 0 Å². The third-order valence-electron chi connectivity index (χ3n) is 3.49. The number of benzene rings is 1. The Kier molecular flexibility index (Phi) is 5.01. The van der Waals surface area contributed by atoms with Crippen molar-refractivity contribution in [1.29, 1.82) is 0 Å². The minimum atomic E-state index is -0.249. The summed E-state index contributed by atoms with van der Waals surface area (Å²) in [5.74, 6) is 0.107. The van der Waals surface area contributed by atoms with E-state index in [1.807, 2.05) is 38.1 Å². The lowest BCUT2D eigenvalue weighted by molar-refractivity contribution is 0.0459. The van der Waals surface area contributed by atoms with Crippen LogP contribution in [0.5, 0.6) is 0 Å². The standard InChI is InChI=1S/C16H23NO3/c1-12(2)11-20-16(18)13-4-6-14(7-5-13)17-9-8-15(10-17)19-3/h4-7,12,15H,8-11H2,1-3H3/t15-/m1/s1. The largest absolute Gasteiger partial charge is 0.462 e. The van der Waals surface area contributed by atoms with Gasteiger partial charge in [-0.05, 0) is 36.6 Å². The van der Waals surface area contributed by atoms with Gasteiger partial charge >= 0.3 is 5.97 Å². The summed E-state index contributed by atoms with van der Waals surface area (Å²) < 4.78 is 10.6. The van der Waals surface area contributed by atoms with E-state index in [2.05, 4.69) is 4.90 Å². The maximum atomic E-state index is 11.8. The van der Waals surface area contributed by atoms with Crippen molar-refractivity contribution in [2.24, 2.45) is 5.92 Å². The van der Waals surface area contributed by atoms with E-state index in [4.69, 9.17) is 9.47 Å². The van der Waals surface area contributed by atoms with Crippen LogP contribution in [0.25, 0.3) is 0 Å². The van der Waals surface area contributed by atoms with Gasteiger partial charge in [0, 0.05) is 25.9 Å². The van der Waals surface area contributed by atoms with Gasteiger partial charge in [0.15, 0.2) is 0 Å². The Bertz CT molecular complexity index is 442. The van der Waals surface area contributed by atoms with Crippen molar-refractivity contribution in [1.82, 2.24) is 0 Å². The van der Waals surface area contributed by atoms with Gasteiger partial charge in [0.1, 0.15) is 0 Å². The molecule has 1 aliphatic rings. The van der Waals surface area contributed by atoms with Gasteiger partial charge in [0.25, 0.3) is 0 Å². The first-order valence-corrected chi connectivity index (χ1v) is 7.15. The second-order valence-electron chi connectivity index (χ2n) is 5.63. The molecule has 1 aliphatic heterocycles. The molecule has 0 N–H and O–H groups in total. The van der Waals surface area contributed by atoms with Crippen LogP contribution in [-0.4, -0.2) is 38.9 Å². The summed E-state index contributed by atoms with van der Waals surface area (Å²) in [5.41, 5.74) is 1.74. The zero-order chi connectivity index (χ0) is 14.5. The second kappa shape index (κ2) is 6.75. The molecule has 1 atom stereocenters. The number of carbonyl (C=O) groups is 1. The lowest BCUT2D eigenvalue weighted by Gasteiger charge is -2.18. The molecule has 1 aromatic rings. The van der Waals surface area contributed by atoms with Crippen molar-refractivity contribution >= 4 is 11.7 Å². The van der Waals surface area contributed by atoms with E-state index in [0.29, 0.717) is 24.2 Å². The number of carbonyl (C=O) groups excluding carboxylic acids is 1. The van der Waals surface area contributed by atoms with Crippen LogP contribution in [0.4, 0.5) is 5.69 Å². The van der Waals surface area contributed by atoms with Gasteiger partial charge in [0.05, 0.1) is 18.3 Å². The van der Waals surface area contributed by atoms with Crippen molar-refractivity contribution in [3.8, 4) is 0 Å². The SMILES string of the molecule is CO[C@@H]1CCN(c2ccc(C(=O)OCC(C)C)cc2)C1. The highest BCUT2D eigenvalue weighted by atomic mass is 16.5. The molecule has 4 heteroatoms. The Morgan fingerprint density at radius 2 is 2.05 bits per heavy atom. The maximum absolute atomic E-state index is 11.8. The normalized spacial score (nSPS) is 18.6. The van der Waals surface area contributed by atoms with Crippen molar-refractivity contribution in [3.05, 3.63) is 29.8 Å². The molecule has 1 saturated heterocycles. The molecule has 0 aliphatic carbocycles. The predicted molar refractivity (Wildman–Crippen MR) is 79.2 cm³/mol. The van der Waals surface area contributed by atoms with Crippen LogP contribution < -0.4 is 4.90 Å². The lowest BCUT2D eigenvalue weighted by Crippen LogP contribution is -2.22. The van der Waals surface area contributed by atoms with E-state index in [9.17, 15) is 4.79 Å². The smallest absolute Gasteiger partial charge is 0.338 e. The number of hydrogen-bond donors (Lipinski definition) is 0. The van der Waals surface area contributed by atoms with Crippen LogP contribution in [0.15, 0.2) is 24.3 Å². The van der Waals surface area contributed by atoms with E-state index >= 15 is 0 Å². The molecule has 110 valence electrons. The molecular formula is C16H23NO3. The van der Waals surface area contributed by atoms with Gasteiger partial charge < -0.3 is 14.4 Å². The fourth-order valence-corrected chi connectivity index (χ4v) is 2.29. The van der Waals surface area contributed by atoms with E-state index in [1.165, 1.54) is 0 Å². The average Bonchev–Trinajstić information content (AvgIpc) is 2.94. The molecule has 20 heavy (non-hydrogen) atoms. The Labute approximate surface area is 120 Å². The average molecular weight is 277 g/mol.